The van der Waals surface area contributed by atoms with E-state index in [1.807, 2.05) is 22.7 Å². The molecule has 0 spiro atoms. The maximum absolute atomic E-state index is 13.4. The van der Waals surface area contributed by atoms with Crippen LogP contribution in [0.15, 0.2) is 35.5 Å². The Labute approximate surface area is 201 Å². The summed E-state index contributed by atoms with van der Waals surface area (Å²) in [4.78, 5) is 5.70. The minimum absolute atomic E-state index is 0.0270. The van der Waals surface area contributed by atoms with Gasteiger partial charge in [0.05, 0.1) is 12.2 Å². The summed E-state index contributed by atoms with van der Waals surface area (Å²) in [5.74, 6) is 0.768. The van der Waals surface area contributed by atoms with Gasteiger partial charge in [0.25, 0.3) is 0 Å². The normalized spacial score (nSPS) is 21.9. The Morgan fingerprint density at radius 2 is 1.88 bits per heavy atom. The molecule has 2 N–H and O–H groups in total. The van der Waals surface area contributed by atoms with Crippen molar-refractivity contribution in [2.75, 3.05) is 26.2 Å². The lowest BCUT2D eigenvalue weighted by Gasteiger charge is -2.40. The second kappa shape index (κ2) is 8.71. The summed E-state index contributed by atoms with van der Waals surface area (Å²) >= 11 is 1.89. The predicted octanol–water partition coefficient (Wildman–Crippen LogP) is 5.08. The van der Waals surface area contributed by atoms with Gasteiger partial charge in [-0.15, -0.1) is 11.8 Å². The molecule has 0 aliphatic carbocycles. The molecule has 0 saturated carbocycles. The molecule has 1 aromatic carbocycles. The molecule has 5 rings (SSSR count). The topological polar surface area (TPSA) is 56.4 Å². The quantitative estimate of drug-likeness (QED) is 0.622. The average molecular weight is 494 g/mol. The van der Waals surface area contributed by atoms with E-state index in [1.165, 1.54) is 6.20 Å². The van der Waals surface area contributed by atoms with Gasteiger partial charge in [-0.25, -0.2) is 0 Å². The third kappa shape index (κ3) is 4.62. The number of ether oxygens (including phenoxy) is 1. The highest BCUT2D eigenvalue weighted by molar-refractivity contribution is 8.00. The highest BCUT2D eigenvalue weighted by atomic mass is 32.2. The highest BCUT2D eigenvalue weighted by Crippen LogP contribution is 2.42. The van der Waals surface area contributed by atoms with E-state index < -0.39 is 11.9 Å². The number of aromatic nitrogens is 2. The van der Waals surface area contributed by atoms with Crippen LogP contribution in [-0.2, 0) is 6.18 Å². The lowest BCUT2D eigenvalue weighted by atomic mass is 10.0. The molecule has 0 amide bonds. The largest absolute Gasteiger partial charge is 0.491 e. The maximum Gasteiger partial charge on any atom is 0.435 e. The molecule has 1 fully saturated rings. The van der Waals surface area contributed by atoms with E-state index in [1.54, 1.807) is 6.20 Å². The van der Waals surface area contributed by atoms with Crippen molar-refractivity contribution in [3.05, 3.63) is 47.4 Å². The Bertz CT molecular complexity index is 1070. The van der Waals surface area contributed by atoms with Crippen molar-refractivity contribution in [1.82, 2.24) is 25.3 Å². The van der Waals surface area contributed by atoms with Gasteiger partial charge in [0, 0.05) is 39.2 Å². The van der Waals surface area contributed by atoms with Crippen LogP contribution in [0.3, 0.4) is 0 Å². The number of alkyl halides is 3. The Balaban J connectivity index is 1.34. The summed E-state index contributed by atoms with van der Waals surface area (Å²) in [7, 11) is 0. The number of hydrogen-bond donors (Lipinski definition) is 2. The molecule has 34 heavy (non-hydrogen) atoms. The van der Waals surface area contributed by atoms with E-state index in [0.29, 0.717) is 24.1 Å². The molecule has 4 heterocycles. The van der Waals surface area contributed by atoms with Crippen molar-refractivity contribution in [2.45, 2.75) is 61.6 Å². The highest BCUT2D eigenvalue weighted by Gasteiger charge is 2.40. The number of rotatable bonds is 3. The van der Waals surface area contributed by atoms with E-state index in [-0.39, 0.29) is 17.3 Å². The van der Waals surface area contributed by atoms with Crippen LogP contribution in [-0.4, -0.2) is 57.0 Å². The lowest BCUT2D eigenvalue weighted by molar-refractivity contribution is -0.141. The molecule has 10 heteroatoms. The van der Waals surface area contributed by atoms with Crippen LogP contribution in [0.2, 0.25) is 0 Å². The fraction of sp³-hybridized carbons (Fsp3) is 0.542. The molecule has 1 saturated heterocycles. The van der Waals surface area contributed by atoms with Crippen molar-refractivity contribution in [3.8, 4) is 5.75 Å². The monoisotopic (exact) mass is 493 g/mol. The van der Waals surface area contributed by atoms with Crippen molar-refractivity contribution >= 4 is 17.5 Å². The molecule has 184 valence electrons. The zero-order chi connectivity index (χ0) is 24.1. The van der Waals surface area contributed by atoms with Crippen molar-refractivity contribution in [2.24, 2.45) is 0 Å². The van der Waals surface area contributed by atoms with Crippen LogP contribution in [0.5, 0.6) is 5.75 Å². The smallest absolute Gasteiger partial charge is 0.435 e. The minimum Gasteiger partial charge on any atom is -0.491 e. The summed E-state index contributed by atoms with van der Waals surface area (Å²) in [5, 5.41) is 9.63. The first-order valence-corrected chi connectivity index (χ1v) is 12.5. The number of likely N-dealkylation sites (tertiary alicyclic amines) is 1. The van der Waals surface area contributed by atoms with E-state index in [4.69, 9.17) is 4.74 Å². The first-order chi connectivity index (χ1) is 16.1. The molecule has 1 unspecified atom stereocenters. The number of hydrogen-bond acceptors (Lipinski definition) is 6. The third-order valence-corrected chi connectivity index (χ3v) is 8.02. The molecule has 3 aliphatic rings. The zero-order valence-corrected chi connectivity index (χ0v) is 20.4. The number of thioether (sulfide) groups is 1. The van der Waals surface area contributed by atoms with Gasteiger partial charge >= 0.3 is 6.18 Å². The van der Waals surface area contributed by atoms with Crippen LogP contribution in [0, 0.1) is 0 Å². The number of nitrogens with one attached hydrogen (secondary N) is 2. The van der Waals surface area contributed by atoms with Crippen LogP contribution >= 0.6 is 11.8 Å². The predicted molar refractivity (Wildman–Crippen MR) is 126 cm³/mol. The van der Waals surface area contributed by atoms with Crippen LogP contribution < -0.4 is 10.1 Å². The summed E-state index contributed by atoms with van der Waals surface area (Å²) in [6.45, 7) is 10.00. The second-order valence-corrected chi connectivity index (χ2v) is 11.4. The molecule has 3 aliphatic heterocycles. The van der Waals surface area contributed by atoms with Crippen LogP contribution in [0.1, 0.15) is 56.6 Å². The Morgan fingerprint density at radius 3 is 2.59 bits per heavy atom. The molecule has 6 nitrogen and oxygen atoms in total. The number of nitrogens with zero attached hydrogens (tertiary/aromatic N) is 3. The van der Waals surface area contributed by atoms with Crippen molar-refractivity contribution in [1.29, 1.82) is 0 Å². The first kappa shape index (κ1) is 23.4. The van der Waals surface area contributed by atoms with E-state index in [0.717, 1.165) is 42.1 Å². The fourth-order valence-corrected chi connectivity index (χ4v) is 6.03. The molecule has 1 atom stereocenters. The number of benzene rings is 1. The van der Waals surface area contributed by atoms with Crippen molar-refractivity contribution < 1.29 is 17.9 Å². The van der Waals surface area contributed by atoms with Gasteiger partial charge in [-0.3, -0.25) is 10.00 Å². The fourth-order valence-electron chi connectivity index (χ4n) is 4.86. The molecule has 0 radical (unpaired) electrons. The van der Waals surface area contributed by atoms with Gasteiger partial charge in [-0.1, -0.05) is 0 Å². The molecule has 0 bridgehead atoms. The Morgan fingerprint density at radius 1 is 1.12 bits per heavy atom. The lowest BCUT2D eigenvalue weighted by Crippen LogP contribution is -2.46. The summed E-state index contributed by atoms with van der Waals surface area (Å²) in [5.41, 5.74) is 0.662. The Hall–Kier alpha value is -2.33. The number of fused-ring (bicyclic) bond motifs is 3. The number of piperidine rings is 1. The molecular formula is C24H30F3N5OS. The van der Waals surface area contributed by atoms with Crippen LogP contribution in [0.25, 0.3) is 5.70 Å². The summed E-state index contributed by atoms with van der Waals surface area (Å²) < 4.78 is 46.2. The van der Waals surface area contributed by atoms with Gasteiger partial charge < -0.3 is 15.0 Å². The summed E-state index contributed by atoms with van der Waals surface area (Å²) in [6.07, 6.45) is 0.496. The zero-order valence-electron chi connectivity index (χ0n) is 19.6. The van der Waals surface area contributed by atoms with Gasteiger partial charge in [0.1, 0.15) is 18.5 Å². The number of halogens is 3. The Kier molecular flexibility index (Phi) is 6.00. The maximum atomic E-state index is 13.4. The van der Waals surface area contributed by atoms with Gasteiger partial charge in [0.2, 0.25) is 0 Å². The first-order valence-electron chi connectivity index (χ1n) is 11.6. The van der Waals surface area contributed by atoms with Gasteiger partial charge in [-0.05, 0) is 64.9 Å². The van der Waals surface area contributed by atoms with Crippen molar-refractivity contribution in [3.63, 3.8) is 0 Å². The van der Waals surface area contributed by atoms with E-state index >= 15 is 0 Å². The molecule has 1 aromatic heterocycles. The standard InChI is InChI=1S/C24H30F3N5OS/c1-23(2,3)32-8-6-15(7-9-32)34-16-4-5-20-17(12-16)22-29-19(14-31(22)10-11-33-20)18-13-28-30-21(18)24(25,26)27/h4-5,12-15,22,29H,6-11H2,1-3H3,(H,28,30). The number of H-pyrrole nitrogens is 1. The van der Waals surface area contributed by atoms with Gasteiger partial charge in [0.15, 0.2) is 5.69 Å². The van der Waals surface area contributed by atoms with E-state index in [2.05, 4.69) is 53.3 Å². The molecular weight excluding hydrogens is 463 g/mol. The van der Waals surface area contributed by atoms with Gasteiger partial charge in [-0.2, -0.15) is 18.3 Å². The van der Waals surface area contributed by atoms with E-state index in [9.17, 15) is 13.2 Å². The SMILES string of the molecule is CC(C)(C)N1CCC(Sc2ccc3c(c2)C2NC(c4c[nH]nc4C(F)(F)F)=CN2CCO3)CC1. The molecule has 2 aromatic rings. The number of aromatic amines is 1. The second-order valence-electron chi connectivity index (χ2n) is 10.00. The minimum atomic E-state index is -4.52. The summed E-state index contributed by atoms with van der Waals surface area (Å²) in [6, 6.07) is 6.21. The average Bonchev–Trinajstić information content (AvgIpc) is 3.38. The van der Waals surface area contributed by atoms with Crippen LogP contribution in [0.4, 0.5) is 13.2 Å². The third-order valence-electron chi connectivity index (χ3n) is 6.69.